The van der Waals surface area contributed by atoms with Crippen LogP contribution in [0.25, 0.3) is 11.1 Å². The van der Waals surface area contributed by atoms with Gasteiger partial charge in [0.15, 0.2) is 6.61 Å². The van der Waals surface area contributed by atoms with E-state index in [1.807, 2.05) is 44.2 Å². The van der Waals surface area contributed by atoms with Crippen LogP contribution in [0.3, 0.4) is 0 Å². The fourth-order valence-electron chi connectivity index (χ4n) is 4.94. The molecule has 1 amide bonds. The molecule has 3 aromatic carbocycles. The van der Waals surface area contributed by atoms with Crippen molar-refractivity contribution in [2.45, 2.75) is 51.2 Å². The minimum absolute atomic E-state index is 0.0635. The summed E-state index contributed by atoms with van der Waals surface area (Å²) in [6.45, 7) is 2.77. The van der Waals surface area contributed by atoms with Gasteiger partial charge in [0.1, 0.15) is 11.6 Å². The number of fused-ring (bicyclic) bond motifs is 1. The van der Waals surface area contributed by atoms with Gasteiger partial charge in [-0.3, -0.25) is 9.59 Å². The number of hydrogen-bond acceptors (Lipinski definition) is 3. The van der Waals surface area contributed by atoms with Gasteiger partial charge in [-0.15, -0.1) is 0 Å². The summed E-state index contributed by atoms with van der Waals surface area (Å²) in [4.78, 5) is 26.3. The Morgan fingerprint density at radius 3 is 2.36 bits per heavy atom. The second kappa shape index (κ2) is 11.1. The van der Waals surface area contributed by atoms with E-state index in [0.29, 0.717) is 28.8 Å². The molecule has 0 aromatic heterocycles. The van der Waals surface area contributed by atoms with Crippen LogP contribution in [0.5, 0.6) is 5.75 Å². The monoisotopic (exact) mass is 543 g/mol. The molecule has 9 heteroatoms. The van der Waals surface area contributed by atoms with Crippen molar-refractivity contribution in [2.75, 3.05) is 13.2 Å². The van der Waals surface area contributed by atoms with E-state index in [4.69, 9.17) is 4.74 Å². The highest BCUT2D eigenvalue weighted by molar-refractivity contribution is 5.81. The summed E-state index contributed by atoms with van der Waals surface area (Å²) >= 11 is 0. The Bertz CT molecular complexity index is 1370. The van der Waals surface area contributed by atoms with Gasteiger partial charge in [0.2, 0.25) is 5.91 Å². The number of alkyl halides is 3. The molecule has 0 bridgehead atoms. The quantitative estimate of drug-likeness (QED) is 0.338. The van der Waals surface area contributed by atoms with Crippen molar-refractivity contribution in [3.8, 4) is 16.9 Å². The largest absolute Gasteiger partial charge is 0.483 e. The third kappa shape index (κ3) is 6.77. The number of carbonyl (C=O) groups is 2. The maximum absolute atomic E-state index is 14.9. The van der Waals surface area contributed by atoms with Crippen molar-refractivity contribution in [3.63, 3.8) is 0 Å². The molecule has 4 rings (SSSR count). The van der Waals surface area contributed by atoms with Gasteiger partial charge in [0.05, 0.1) is 6.42 Å². The van der Waals surface area contributed by atoms with E-state index in [2.05, 4.69) is 0 Å². The maximum atomic E-state index is 14.9. The van der Waals surface area contributed by atoms with Crippen LogP contribution in [0.15, 0.2) is 60.7 Å². The number of carbonyl (C=O) groups excluding carboxylic acids is 1. The van der Waals surface area contributed by atoms with Crippen LogP contribution in [0, 0.1) is 5.82 Å². The third-order valence-corrected chi connectivity index (χ3v) is 6.94. The van der Waals surface area contributed by atoms with E-state index in [-0.39, 0.29) is 43.0 Å². The maximum Gasteiger partial charge on any atom is 0.422 e. The molecule has 1 N–H and O–H groups in total. The summed E-state index contributed by atoms with van der Waals surface area (Å²) in [5.74, 6) is -1.81. The number of halogens is 4. The molecule has 0 spiro atoms. The van der Waals surface area contributed by atoms with Gasteiger partial charge in [-0.2, -0.15) is 13.2 Å². The van der Waals surface area contributed by atoms with E-state index >= 15 is 0 Å². The summed E-state index contributed by atoms with van der Waals surface area (Å²) in [5.41, 5.74) is 2.37. The van der Waals surface area contributed by atoms with Crippen LogP contribution in [-0.2, 0) is 34.4 Å². The number of ether oxygens (including phenoxy) is 1. The fourth-order valence-corrected chi connectivity index (χ4v) is 4.94. The molecule has 206 valence electrons. The van der Waals surface area contributed by atoms with Gasteiger partial charge >= 0.3 is 12.1 Å². The standard InChI is InChI=1S/C30H29F4NO4/c1-29(2,20-6-4-3-5-7-20)16-27(36)35-13-12-22-24(17-35)21(9-10-25(22)31)23-14-19(15-28(37)38)8-11-26(23)39-18-30(32,33)34/h3-11,14H,12-13,15-18H2,1-2H3,(H,37,38). The number of hydrogen-bond donors (Lipinski definition) is 1. The Morgan fingerprint density at radius 2 is 1.69 bits per heavy atom. The van der Waals surface area contributed by atoms with Crippen molar-refractivity contribution in [2.24, 2.45) is 0 Å². The minimum atomic E-state index is -4.59. The number of rotatable bonds is 8. The van der Waals surface area contributed by atoms with E-state index < -0.39 is 30.0 Å². The molecule has 0 radical (unpaired) electrons. The van der Waals surface area contributed by atoms with Crippen molar-refractivity contribution >= 4 is 11.9 Å². The molecular formula is C30H29F4NO4. The summed E-state index contributed by atoms with van der Waals surface area (Å²) < 4.78 is 58.8. The molecule has 1 aliphatic rings. The summed E-state index contributed by atoms with van der Waals surface area (Å²) in [5, 5.41) is 9.23. The molecule has 1 aliphatic heterocycles. The highest BCUT2D eigenvalue weighted by Crippen LogP contribution is 2.39. The lowest BCUT2D eigenvalue weighted by Crippen LogP contribution is -2.39. The van der Waals surface area contributed by atoms with Gasteiger partial charge in [-0.25, -0.2) is 4.39 Å². The lowest BCUT2D eigenvalue weighted by atomic mass is 9.81. The first-order valence-corrected chi connectivity index (χ1v) is 12.5. The van der Waals surface area contributed by atoms with E-state index in [0.717, 1.165) is 5.56 Å². The van der Waals surface area contributed by atoms with Crippen LogP contribution in [0.2, 0.25) is 0 Å². The van der Waals surface area contributed by atoms with E-state index in [1.54, 1.807) is 4.90 Å². The van der Waals surface area contributed by atoms with Crippen molar-refractivity contribution < 1.29 is 37.0 Å². The predicted molar refractivity (Wildman–Crippen MR) is 138 cm³/mol. The minimum Gasteiger partial charge on any atom is -0.483 e. The number of carboxylic acid groups (broad SMARTS) is 1. The normalized spacial score (nSPS) is 13.6. The average molecular weight is 544 g/mol. The SMILES string of the molecule is CC(C)(CC(=O)N1CCc2c(F)ccc(-c3cc(CC(=O)O)ccc3OCC(F)(F)F)c2C1)c1ccccc1. The van der Waals surface area contributed by atoms with Crippen LogP contribution < -0.4 is 4.74 Å². The molecule has 39 heavy (non-hydrogen) atoms. The van der Waals surface area contributed by atoms with Crippen molar-refractivity contribution in [3.05, 3.63) is 88.7 Å². The Labute approximate surface area is 224 Å². The van der Waals surface area contributed by atoms with Crippen LogP contribution >= 0.6 is 0 Å². The Morgan fingerprint density at radius 1 is 0.974 bits per heavy atom. The zero-order valence-electron chi connectivity index (χ0n) is 21.6. The van der Waals surface area contributed by atoms with E-state index in [9.17, 15) is 32.3 Å². The number of nitrogens with zero attached hydrogens (tertiary/aromatic N) is 1. The van der Waals surface area contributed by atoms with Gasteiger partial charge in [0.25, 0.3) is 0 Å². The van der Waals surface area contributed by atoms with Crippen LogP contribution in [-0.4, -0.2) is 41.2 Å². The van der Waals surface area contributed by atoms with E-state index in [1.165, 1.54) is 30.3 Å². The van der Waals surface area contributed by atoms with Crippen molar-refractivity contribution in [1.29, 1.82) is 0 Å². The number of aliphatic carboxylic acids is 1. The first kappa shape index (κ1) is 28.1. The molecule has 0 atom stereocenters. The van der Waals surface area contributed by atoms with Gasteiger partial charge < -0.3 is 14.7 Å². The molecular weight excluding hydrogens is 514 g/mol. The molecule has 0 saturated carbocycles. The van der Waals surface area contributed by atoms with Gasteiger partial charge in [-0.05, 0) is 57.9 Å². The number of benzene rings is 3. The highest BCUT2D eigenvalue weighted by atomic mass is 19.4. The Balaban J connectivity index is 1.70. The van der Waals surface area contributed by atoms with Gasteiger partial charge in [0, 0.05) is 25.1 Å². The zero-order chi connectivity index (χ0) is 28.4. The third-order valence-electron chi connectivity index (χ3n) is 6.94. The summed E-state index contributed by atoms with van der Waals surface area (Å²) in [7, 11) is 0. The molecule has 0 unspecified atom stereocenters. The molecule has 3 aromatic rings. The highest BCUT2D eigenvalue weighted by Gasteiger charge is 2.32. The van der Waals surface area contributed by atoms with Crippen molar-refractivity contribution in [1.82, 2.24) is 4.90 Å². The lowest BCUT2D eigenvalue weighted by Gasteiger charge is -2.34. The molecule has 0 aliphatic carbocycles. The Kier molecular flexibility index (Phi) is 7.99. The molecule has 5 nitrogen and oxygen atoms in total. The number of amides is 1. The number of carboxylic acids is 1. The second-order valence-corrected chi connectivity index (χ2v) is 10.3. The smallest absolute Gasteiger partial charge is 0.422 e. The van der Waals surface area contributed by atoms with Crippen LogP contribution in [0.1, 0.15) is 42.5 Å². The Hall–Kier alpha value is -3.88. The predicted octanol–water partition coefficient (Wildman–Crippen LogP) is 6.31. The topological polar surface area (TPSA) is 66.8 Å². The molecule has 1 heterocycles. The molecule has 0 saturated heterocycles. The average Bonchev–Trinajstić information content (AvgIpc) is 2.87. The summed E-state index contributed by atoms with van der Waals surface area (Å²) in [6.07, 6.45) is -4.49. The zero-order valence-corrected chi connectivity index (χ0v) is 21.6. The first-order valence-electron chi connectivity index (χ1n) is 12.5. The first-order chi connectivity index (χ1) is 18.3. The fraction of sp³-hybridized carbons (Fsp3) is 0.333. The lowest BCUT2D eigenvalue weighted by molar-refractivity contribution is -0.153. The summed E-state index contributed by atoms with van der Waals surface area (Å²) in [6, 6.07) is 16.4. The molecule has 0 fully saturated rings. The van der Waals surface area contributed by atoms with Gasteiger partial charge in [-0.1, -0.05) is 56.3 Å². The van der Waals surface area contributed by atoms with Crippen LogP contribution in [0.4, 0.5) is 17.6 Å². The second-order valence-electron chi connectivity index (χ2n) is 10.3.